The minimum Gasteiger partial charge on any atom is -0.497 e. The highest BCUT2D eigenvalue weighted by atomic mass is 16.5. The summed E-state index contributed by atoms with van der Waals surface area (Å²) in [6.45, 7) is 4.51. The van der Waals surface area contributed by atoms with Gasteiger partial charge in [0, 0.05) is 11.6 Å². The van der Waals surface area contributed by atoms with Crippen molar-refractivity contribution in [3.63, 3.8) is 0 Å². The summed E-state index contributed by atoms with van der Waals surface area (Å²) in [5.74, 6) is 0.839. The summed E-state index contributed by atoms with van der Waals surface area (Å²) in [6.07, 6.45) is 1.89. The average molecular weight is 329 g/mol. The fourth-order valence-electron chi connectivity index (χ4n) is 2.82. The van der Waals surface area contributed by atoms with Crippen molar-refractivity contribution in [1.82, 2.24) is 0 Å². The fourth-order valence-corrected chi connectivity index (χ4v) is 2.82. The number of hydrogen-bond donors (Lipinski definition) is 0. The van der Waals surface area contributed by atoms with Gasteiger partial charge in [-0.25, -0.2) is 0 Å². The third-order valence-corrected chi connectivity index (χ3v) is 4.56. The molecule has 0 aromatic heterocycles. The average Bonchev–Trinajstić information content (AvgIpc) is 2.68. The van der Waals surface area contributed by atoms with E-state index in [0.29, 0.717) is 0 Å². The minimum absolute atomic E-state index is 0.0209. The summed E-state index contributed by atoms with van der Waals surface area (Å²) in [5, 5.41) is 0. The quantitative estimate of drug-likeness (QED) is 0.544. The van der Waals surface area contributed by atoms with Crippen LogP contribution in [0.25, 0.3) is 0 Å². The number of nitrogens with zero attached hydrogens (tertiary/aromatic N) is 1. The molecule has 0 aliphatic heterocycles. The Morgan fingerprint density at radius 3 is 1.96 bits per heavy atom. The number of aliphatic imine (C=N–C) groups is 1. The summed E-state index contributed by atoms with van der Waals surface area (Å²) in [7, 11) is 1.66. The predicted molar refractivity (Wildman–Crippen MR) is 105 cm³/mol. The van der Waals surface area contributed by atoms with Gasteiger partial charge >= 0.3 is 0 Å². The van der Waals surface area contributed by atoms with Crippen molar-refractivity contribution in [1.29, 1.82) is 0 Å². The summed E-state index contributed by atoms with van der Waals surface area (Å²) in [6, 6.07) is 26.9. The van der Waals surface area contributed by atoms with E-state index < -0.39 is 0 Å². The third kappa shape index (κ3) is 3.97. The fraction of sp³-hybridized carbons (Fsp3) is 0.174. The Morgan fingerprint density at radius 1 is 0.760 bits per heavy atom. The van der Waals surface area contributed by atoms with Crippen molar-refractivity contribution in [3.05, 3.63) is 95.6 Å². The van der Waals surface area contributed by atoms with Crippen molar-refractivity contribution in [2.24, 2.45) is 4.99 Å². The van der Waals surface area contributed by atoms with Crippen LogP contribution in [-0.2, 0) is 5.41 Å². The SMILES string of the molecule is COc1ccc(/N=C/c2ccc(C(C)(C)c3ccccc3)cc2)cc1. The Bertz CT molecular complexity index is 832. The van der Waals surface area contributed by atoms with Gasteiger partial charge in [-0.1, -0.05) is 68.4 Å². The van der Waals surface area contributed by atoms with Crippen molar-refractivity contribution >= 4 is 11.9 Å². The number of benzene rings is 3. The molecule has 25 heavy (non-hydrogen) atoms. The Labute approximate surface area is 149 Å². The molecule has 0 amide bonds. The first-order chi connectivity index (χ1) is 12.1. The highest BCUT2D eigenvalue weighted by Gasteiger charge is 2.22. The zero-order valence-electron chi connectivity index (χ0n) is 14.9. The topological polar surface area (TPSA) is 21.6 Å². The predicted octanol–water partition coefficient (Wildman–Crippen LogP) is 5.77. The smallest absolute Gasteiger partial charge is 0.119 e. The van der Waals surface area contributed by atoms with Gasteiger partial charge in [0.25, 0.3) is 0 Å². The van der Waals surface area contributed by atoms with Crippen LogP contribution in [0.15, 0.2) is 83.9 Å². The molecular formula is C23H23NO. The van der Waals surface area contributed by atoms with E-state index >= 15 is 0 Å². The Morgan fingerprint density at radius 2 is 1.36 bits per heavy atom. The minimum atomic E-state index is -0.0209. The number of hydrogen-bond acceptors (Lipinski definition) is 2. The van der Waals surface area contributed by atoms with Crippen LogP contribution in [0.5, 0.6) is 5.75 Å². The number of rotatable bonds is 5. The summed E-state index contributed by atoms with van der Waals surface area (Å²) < 4.78 is 5.16. The zero-order valence-corrected chi connectivity index (χ0v) is 14.9. The first-order valence-electron chi connectivity index (χ1n) is 8.44. The Hall–Kier alpha value is -2.87. The lowest BCUT2D eigenvalue weighted by molar-refractivity contribution is 0.415. The maximum Gasteiger partial charge on any atom is 0.119 e. The molecule has 2 heteroatoms. The van der Waals surface area contributed by atoms with Crippen LogP contribution in [0, 0.1) is 0 Å². The van der Waals surface area contributed by atoms with Gasteiger partial charge in [0.2, 0.25) is 0 Å². The second-order valence-corrected chi connectivity index (χ2v) is 6.57. The molecule has 3 aromatic carbocycles. The van der Waals surface area contributed by atoms with Crippen LogP contribution in [0.3, 0.4) is 0 Å². The lowest BCUT2D eigenvalue weighted by Gasteiger charge is -2.26. The zero-order chi connectivity index (χ0) is 17.7. The molecule has 126 valence electrons. The van der Waals surface area contributed by atoms with Crippen molar-refractivity contribution in [2.45, 2.75) is 19.3 Å². The van der Waals surface area contributed by atoms with Crippen molar-refractivity contribution in [2.75, 3.05) is 7.11 Å². The molecule has 0 spiro atoms. The maximum absolute atomic E-state index is 5.16. The van der Waals surface area contributed by atoms with E-state index in [1.165, 1.54) is 11.1 Å². The molecule has 0 N–H and O–H groups in total. The Kier molecular flexibility index (Phi) is 4.99. The van der Waals surface area contributed by atoms with Crippen LogP contribution >= 0.6 is 0 Å². The molecule has 0 heterocycles. The first kappa shape index (κ1) is 17.0. The van der Waals surface area contributed by atoms with Gasteiger partial charge in [-0.05, 0) is 41.0 Å². The van der Waals surface area contributed by atoms with Crippen LogP contribution in [0.1, 0.15) is 30.5 Å². The first-order valence-corrected chi connectivity index (χ1v) is 8.44. The van der Waals surface area contributed by atoms with E-state index in [9.17, 15) is 0 Å². The van der Waals surface area contributed by atoms with Gasteiger partial charge in [0.1, 0.15) is 5.75 Å². The van der Waals surface area contributed by atoms with E-state index in [1.807, 2.05) is 30.5 Å². The highest BCUT2D eigenvalue weighted by Crippen LogP contribution is 2.31. The van der Waals surface area contributed by atoms with Gasteiger partial charge < -0.3 is 4.74 Å². The second-order valence-electron chi connectivity index (χ2n) is 6.57. The normalized spacial score (nSPS) is 11.6. The van der Waals surface area contributed by atoms with Gasteiger partial charge in [0.05, 0.1) is 12.8 Å². The van der Waals surface area contributed by atoms with Crippen molar-refractivity contribution in [3.8, 4) is 5.75 Å². The van der Waals surface area contributed by atoms with E-state index in [2.05, 4.69) is 73.4 Å². The van der Waals surface area contributed by atoms with Crippen LogP contribution < -0.4 is 4.74 Å². The molecule has 0 saturated carbocycles. The van der Waals surface area contributed by atoms with Crippen LogP contribution in [0.2, 0.25) is 0 Å². The van der Waals surface area contributed by atoms with E-state index in [0.717, 1.165) is 17.0 Å². The van der Waals surface area contributed by atoms with Crippen LogP contribution in [-0.4, -0.2) is 13.3 Å². The summed E-state index contributed by atoms with van der Waals surface area (Å²) in [5.41, 5.74) is 4.58. The molecule has 0 aliphatic rings. The third-order valence-electron chi connectivity index (χ3n) is 4.56. The lowest BCUT2D eigenvalue weighted by atomic mass is 9.78. The Balaban J connectivity index is 1.76. The molecular weight excluding hydrogens is 306 g/mol. The molecule has 0 bridgehead atoms. The van der Waals surface area contributed by atoms with E-state index in [1.54, 1.807) is 7.11 Å². The largest absolute Gasteiger partial charge is 0.497 e. The highest BCUT2D eigenvalue weighted by molar-refractivity contribution is 5.82. The van der Waals surface area contributed by atoms with Crippen LogP contribution in [0.4, 0.5) is 5.69 Å². The monoisotopic (exact) mass is 329 g/mol. The molecule has 3 aromatic rings. The molecule has 0 radical (unpaired) electrons. The molecule has 0 saturated heterocycles. The molecule has 0 fully saturated rings. The molecule has 3 rings (SSSR count). The molecule has 0 aliphatic carbocycles. The molecule has 0 atom stereocenters. The molecule has 2 nitrogen and oxygen atoms in total. The van der Waals surface area contributed by atoms with Gasteiger partial charge in [0.15, 0.2) is 0 Å². The standard InChI is InChI=1S/C23H23NO/c1-23(2,19-7-5-4-6-8-19)20-11-9-18(10-12-20)17-24-21-13-15-22(25-3)16-14-21/h4-17H,1-3H3/b24-17+. The summed E-state index contributed by atoms with van der Waals surface area (Å²) in [4.78, 5) is 4.52. The lowest BCUT2D eigenvalue weighted by Crippen LogP contribution is -2.18. The van der Waals surface area contributed by atoms with E-state index in [-0.39, 0.29) is 5.41 Å². The van der Waals surface area contributed by atoms with Gasteiger partial charge in [-0.15, -0.1) is 0 Å². The van der Waals surface area contributed by atoms with Crippen molar-refractivity contribution < 1.29 is 4.74 Å². The maximum atomic E-state index is 5.16. The summed E-state index contributed by atoms with van der Waals surface area (Å²) >= 11 is 0. The number of methoxy groups -OCH3 is 1. The van der Waals surface area contributed by atoms with Gasteiger partial charge in [-0.3, -0.25) is 4.99 Å². The number of ether oxygens (including phenoxy) is 1. The van der Waals surface area contributed by atoms with E-state index in [4.69, 9.17) is 4.74 Å². The molecule has 0 unspecified atom stereocenters. The van der Waals surface area contributed by atoms with Gasteiger partial charge in [-0.2, -0.15) is 0 Å². The second kappa shape index (κ2) is 7.35.